The Kier molecular flexibility index (Phi) is 3.46. The zero-order valence-corrected chi connectivity index (χ0v) is 10.3. The van der Waals surface area contributed by atoms with Crippen molar-refractivity contribution in [3.05, 3.63) is 47.1 Å². The lowest BCUT2D eigenvalue weighted by Gasteiger charge is -2.14. The number of anilines is 1. The molecule has 0 aliphatic carbocycles. The van der Waals surface area contributed by atoms with Gasteiger partial charge < -0.3 is 5.32 Å². The molecule has 4 nitrogen and oxygen atoms in total. The van der Waals surface area contributed by atoms with Gasteiger partial charge in [-0.15, -0.1) is 0 Å². The van der Waals surface area contributed by atoms with Crippen molar-refractivity contribution in [1.29, 1.82) is 0 Å². The van der Waals surface area contributed by atoms with Crippen LogP contribution in [0.2, 0.25) is 0 Å². The van der Waals surface area contributed by atoms with Crippen molar-refractivity contribution in [3.63, 3.8) is 0 Å². The lowest BCUT2D eigenvalue weighted by Crippen LogP contribution is -2.09. The van der Waals surface area contributed by atoms with Crippen LogP contribution in [0.4, 0.5) is 5.82 Å². The Hall–Kier alpha value is -1.49. The van der Waals surface area contributed by atoms with Crippen molar-refractivity contribution in [1.82, 2.24) is 15.0 Å². The predicted molar refractivity (Wildman–Crippen MR) is 66.0 cm³/mol. The summed E-state index contributed by atoms with van der Waals surface area (Å²) in [5.74, 6) is 0.771. The number of hydrogen-bond acceptors (Lipinski definition) is 4. The van der Waals surface area contributed by atoms with Gasteiger partial charge in [-0.25, -0.2) is 9.97 Å². The maximum absolute atomic E-state index is 4.28. The molecule has 0 radical (unpaired) electrons. The third kappa shape index (κ3) is 2.55. The Labute approximate surface area is 102 Å². The lowest BCUT2D eigenvalue weighted by molar-refractivity contribution is 0.828. The van der Waals surface area contributed by atoms with E-state index in [0.29, 0.717) is 0 Å². The average molecular weight is 279 g/mol. The molecular formula is C11H11BrN4. The highest BCUT2D eigenvalue weighted by molar-refractivity contribution is 9.10. The normalized spacial score (nSPS) is 12.1. The van der Waals surface area contributed by atoms with Crippen LogP contribution in [-0.2, 0) is 0 Å². The largest absolute Gasteiger partial charge is 0.361 e. The number of rotatable bonds is 3. The molecule has 1 atom stereocenters. The number of hydrogen-bond donors (Lipinski definition) is 1. The second-order valence-corrected chi connectivity index (χ2v) is 4.19. The molecule has 16 heavy (non-hydrogen) atoms. The molecular weight excluding hydrogens is 268 g/mol. The van der Waals surface area contributed by atoms with Gasteiger partial charge >= 0.3 is 0 Å². The van der Waals surface area contributed by atoms with Gasteiger partial charge in [-0.3, -0.25) is 4.98 Å². The van der Waals surface area contributed by atoms with Crippen LogP contribution in [0.5, 0.6) is 0 Å². The fourth-order valence-corrected chi connectivity index (χ4v) is 1.67. The van der Waals surface area contributed by atoms with Crippen LogP contribution in [0.1, 0.15) is 18.7 Å². The minimum Gasteiger partial charge on any atom is -0.361 e. The first-order valence-electron chi connectivity index (χ1n) is 4.90. The molecule has 0 aliphatic rings. The van der Waals surface area contributed by atoms with E-state index in [1.165, 1.54) is 6.33 Å². The molecule has 0 amide bonds. The van der Waals surface area contributed by atoms with E-state index in [2.05, 4.69) is 36.2 Å². The summed E-state index contributed by atoms with van der Waals surface area (Å²) in [6.07, 6.45) is 5.00. The van der Waals surface area contributed by atoms with E-state index in [-0.39, 0.29) is 6.04 Å². The third-order valence-electron chi connectivity index (χ3n) is 2.15. The number of nitrogens with zero attached hydrogens (tertiary/aromatic N) is 3. The molecule has 5 heteroatoms. The molecule has 2 aromatic rings. The zero-order chi connectivity index (χ0) is 11.4. The van der Waals surface area contributed by atoms with Gasteiger partial charge in [0, 0.05) is 12.4 Å². The van der Waals surface area contributed by atoms with Gasteiger partial charge in [0.15, 0.2) is 0 Å². The molecule has 0 spiro atoms. The number of halogens is 1. The van der Waals surface area contributed by atoms with Crippen LogP contribution >= 0.6 is 15.9 Å². The van der Waals surface area contributed by atoms with E-state index in [4.69, 9.17) is 0 Å². The van der Waals surface area contributed by atoms with Gasteiger partial charge in [-0.2, -0.15) is 0 Å². The Morgan fingerprint density at radius 1 is 1.31 bits per heavy atom. The van der Waals surface area contributed by atoms with E-state index in [1.54, 1.807) is 12.4 Å². The fraction of sp³-hybridized carbons (Fsp3) is 0.182. The maximum atomic E-state index is 4.28. The summed E-state index contributed by atoms with van der Waals surface area (Å²) in [5, 5.41) is 3.27. The van der Waals surface area contributed by atoms with Crippen molar-refractivity contribution in [3.8, 4) is 0 Å². The summed E-state index contributed by atoms with van der Waals surface area (Å²) in [5.41, 5.74) is 0.980. The molecule has 0 aliphatic heterocycles. The van der Waals surface area contributed by atoms with Crippen LogP contribution in [0.15, 0.2) is 41.4 Å². The van der Waals surface area contributed by atoms with Crippen molar-refractivity contribution >= 4 is 21.7 Å². The van der Waals surface area contributed by atoms with Crippen LogP contribution in [-0.4, -0.2) is 15.0 Å². The highest BCUT2D eigenvalue weighted by atomic mass is 79.9. The smallest absolute Gasteiger partial charge is 0.144 e. The molecule has 2 rings (SSSR count). The Bertz CT molecular complexity index is 461. The monoisotopic (exact) mass is 278 g/mol. The summed E-state index contributed by atoms with van der Waals surface area (Å²) in [6.45, 7) is 2.04. The van der Waals surface area contributed by atoms with E-state index < -0.39 is 0 Å². The minimum atomic E-state index is 0.104. The summed E-state index contributed by atoms with van der Waals surface area (Å²) in [7, 11) is 0. The van der Waals surface area contributed by atoms with Crippen molar-refractivity contribution in [2.45, 2.75) is 13.0 Å². The standard InChI is InChI=1S/C11H11BrN4/c1-8(10-4-2-3-5-14-10)16-11-9(12)6-13-7-15-11/h2-8H,1H3,(H,13,15,16). The lowest BCUT2D eigenvalue weighted by atomic mass is 10.2. The van der Waals surface area contributed by atoms with Gasteiger partial charge in [0.05, 0.1) is 16.2 Å². The SMILES string of the molecule is CC(Nc1ncncc1Br)c1ccccn1. The van der Waals surface area contributed by atoms with E-state index in [1.807, 2.05) is 25.1 Å². The van der Waals surface area contributed by atoms with Gasteiger partial charge in [-0.05, 0) is 35.0 Å². The van der Waals surface area contributed by atoms with Gasteiger partial charge in [-0.1, -0.05) is 6.07 Å². The first-order valence-corrected chi connectivity index (χ1v) is 5.69. The highest BCUT2D eigenvalue weighted by Crippen LogP contribution is 2.22. The first-order chi connectivity index (χ1) is 7.77. The highest BCUT2D eigenvalue weighted by Gasteiger charge is 2.08. The fourth-order valence-electron chi connectivity index (χ4n) is 1.33. The first kappa shape index (κ1) is 11.0. The summed E-state index contributed by atoms with van der Waals surface area (Å²) < 4.78 is 0.845. The van der Waals surface area contributed by atoms with Crippen molar-refractivity contribution in [2.75, 3.05) is 5.32 Å². The molecule has 2 aromatic heterocycles. The second kappa shape index (κ2) is 5.03. The van der Waals surface area contributed by atoms with Gasteiger partial charge in [0.25, 0.3) is 0 Å². The zero-order valence-electron chi connectivity index (χ0n) is 8.76. The van der Waals surface area contributed by atoms with E-state index in [9.17, 15) is 0 Å². The maximum Gasteiger partial charge on any atom is 0.144 e. The Morgan fingerprint density at radius 2 is 2.19 bits per heavy atom. The summed E-state index contributed by atoms with van der Waals surface area (Å²) in [6, 6.07) is 5.95. The minimum absolute atomic E-state index is 0.104. The Balaban J connectivity index is 2.14. The summed E-state index contributed by atoms with van der Waals surface area (Å²) >= 11 is 3.39. The summed E-state index contributed by atoms with van der Waals surface area (Å²) in [4.78, 5) is 12.3. The van der Waals surface area contributed by atoms with Gasteiger partial charge in [0.1, 0.15) is 12.1 Å². The van der Waals surface area contributed by atoms with Crippen molar-refractivity contribution < 1.29 is 0 Å². The predicted octanol–water partition coefficient (Wildman–Crippen LogP) is 2.81. The van der Waals surface area contributed by atoms with E-state index >= 15 is 0 Å². The van der Waals surface area contributed by atoms with Crippen LogP contribution in [0.3, 0.4) is 0 Å². The molecule has 82 valence electrons. The molecule has 0 bridgehead atoms. The molecule has 0 saturated heterocycles. The molecule has 0 saturated carbocycles. The molecule has 0 aromatic carbocycles. The number of aromatic nitrogens is 3. The number of nitrogens with one attached hydrogen (secondary N) is 1. The van der Waals surface area contributed by atoms with Crippen LogP contribution in [0, 0.1) is 0 Å². The van der Waals surface area contributed by atoms with Crippen molar-refractivity contribution in [2.24, 2.45) is 0 Å². The Morgan fingerprint density at radius 3 is 2.88 bits per heavy atom. The van der Waals surface area contributed by atoms with Gasteiger partial charge in [0.2, 0.25) is 0 Å². The quantitative estimate of drug-likeness (QED) is 0.938. The second-order valence-electron chi connectivity index (χ2n) is 3.34. The van der Waals surface area contributed by atoms with E-state index in [0.717, 1.165) is 16.0 Å². The molecule has 0 fully saturated rings. The van der Waals surface area contributed by atoms with Crippen LogP contribution in [0.25, 0.3) is 0 Å². The van der Waals surface area contributed by atoms with Crippen LogP contribution < -0.4 is 5.32 Å². The molecule has 1 unspecified atom stereocenters. The molecule has 1 N–H and O–H groups in total. The molecule has 2 heterocycles. The third-order valence-corrected chi connectivity index (χ3v) is 2.73. The topological polar surface area (TPSA) is 50.7 Å². The average Bonchev–Trinajstić information content (AvgIpc) is 2.33. The number of pyridine rings is 1.